The van der Waals surface area contributed by atoms with Gasteiger partial charge in [-0.25, -0.2) is 4.39 Å². The Morgan fingerprint density at radius 2 is 2.50 bits per heavy atom. The summed E-state index contributed by atoms with van der Waals surface area (Å²) in [6.45, 7) is 2.67. The highest BCUT2D eigenvalue weighted by molar-refractivity contribution is 4.97. The Labute approximate surface area is 59.7 Å². The normalized spacial score (nSPS) is 47.1. The molecule has 2 atom stereocenters. The number of ether oxygens (including phenoxy) is 1. The fourth-order valence-electron chi connectivity index (χ4n) is 1.78. The van der Waals surface area contributed by atoms with Crippen molar-refractivity contribution in [3.05, 3.63) is 0 Å². The maximum absolute atomic E-state index is 13.1. The average molecular weight is 145 g/mol. The third kappa shape index (κ3) is 0.772. The molecular formula is C7H12FNO. The molecule has 2 saturated heterocycles. The van der Waals surface area contributed by atoms with Gasteiger partial charge in [0.25, 0.3) is 0 Å². The van der Waals surface area contributed by atoms with Crippen LogP contribution >= 0.6 is 0 Å². The summed E-state index contributed by atoms with van der Waals surface area (Å²) in [6, 6.07) is 0. The summed E-state index contributed by atoms with van der Waals surface area (Å²) in [5.74, 6) is 0. The SMILES string of the molecule is FC1CNCC12CCOC2. The molecule has 2 nitrogen and oxygen atoms in total. The van der Waals surface area contributed by atoms with Crippen LogP contribution in [0.1, 0.15) is 6.42 Å². The van der Waals surface area contributed by atoms with E-state index in [1.807, 2.05) is 0 Å². The van der Waals surface area contributed by atoms with Gasteiger partial charge < -0.3 is 10.1 Å². The second-order valence-electron chi connectivity index (χ2n) is 3.26. The first kappa shape index (κ1) is 6.55. The third-order valence-electron chi connectivity index (χ3n) is 2.60. The van der Waals surface area contributed by atoms with Crippen molar-refractivity contribution in [2.45, 2.75) is 12.6 Å². The van der Waals surface area contributed by atoms with Crippen molar-refractivity contribution in [2.24, 2.45) is 5.41 Å². The minimum Gasteiger partial charge on any atom is -0.381 e. The molecule has 1 N–H and O–H groups in total. The van der Waals surface area contributed by atoms with E-state index in [0.717, 1.165) is 19.6 Å². The number of halogens is 1. The monoisotopic (exact) mass is 145 g/mol. The highest BCUT2D eigenvalue weighted by Crippen LogP contribution is 2.36. The highest BCUT2D eigenvalue weighted by Gasteiger charge is 2.46. The minimum atomic E-state index is -0.685. The van der Waals surface area contributed by atoms with Gasteiger partial charge in [-0.3, -0.25) is 0 Å². The van der Waals surface area contributed by atoms with Gasteiger partial charge in [0.2, 0.25) is 0 Å². The molecule has 0 aromatic carbocycles. The standard InChI is InChI=1S/C7H12FNO/c8-6-3-9-4-7(6)1-2-10-5-7/h6,9H,1-5H2. The van der Waals surface area contributed by atoms with Gasteiger partial charge in [-0.05, 0) is 6.42 Å². The molecule has 2 heterocycles. The largest absolute Gasteiger partial charge is 0.381 e. The van der Waals surface area contributed by atoms with Crippen LogP contribution in [0, 0.1) is 5.41 Å². The molecule has 2 aliphatic heterocycles. The van der Waals surface area contributed by atoms with E-state index in [1.54, 1.807) is 0 Å². The summed E-state index contributed by atoms with van der Waals surface area (Å²) >= 11 is 0. The van der Waals surface area contributed by atoms with Crippen LogP contribution in [0.2, 0.25) is 0 Å². The number of alkyl halides is 1. The predicted octanol–water partition coefficient (Wildman–Crippen LogP) is 0.334. The van der Waals surface area contributed by atoms with Gasteiger partial charge in [0.15, 0.2) is 0 Å². The van der Waals surface area contributed by atoms with E-state index in [4.69, 9.17) is 4.74 Å². The smallest absolute Gasteiger partial charge is 0.122 e. The number of hydrogen-bond donors (Lipinski definition) is 1. The molecule has 0 bridgehead atoms. The van der Waals surface area contributed by atoms with E-state index in [9.17, 15) is 4.39 Å². The van der Waals surface area contributed by atoms with Crippen LogP contribution in [-0.4, -0.2) is 32.5 Å². The zero-order chi connectivity index (χ0) is 7.03. The van der Waals surface area contributed by atoms with Crippen LogP contribution in [0.4, 0.5) is 4.39 Å². The molecule has 1 spiro atoms. The van der Waals surface area contributed by atoms with Gasteiger partial charge >= 0.3 is 0 Å². The topological polar surface area (TPSA) is 21.3 Å². The van der Waals surface area contributed by atoms with Gasteiger partial charge in [0.05, 0.1) is 6.61 Å². The molecule has 0 aromatic heterocycles. The van der Waals surface area contributed by atoms with E-state index >= 15 is 0 Å². The predicted molar refractivity (Wildman–Crippen MR) is 35.6 cm³/mol. The van der Waals surface area contributed by atoms with Crippen molar-refractivity contribution >= 4 is 0 Å². The lowest BCUT2D eigenvalue weighted by Crippen LogP contribution is -2.31. The molecule has 2 rings (SSSR count). The molecule has 0 aromatic rings. The molecule has 58 valence electrons. The van der Waals surface area contributed by atoms with Gasteiger partial charge in [-0.2, -0.15) is 0 Å². The quantitative estimate of drug-likeness (QED) is 0.530. The lowest BCUT2D eigenvalue weighted by molar-refractivity contribution is 0.113. The summed E-state index contributed by atoms with van der Waals surface area (Å²) in [4.78, 5) is 0. The lowest BCUT2D eigenvalue weighted by Gasteiger charge is -2.21. The van der Waals surface area contributed by atoms with Crippen molar-refractivity contribution in [1.82, 2.24) is 5.32 Å². The molecule has 2 fully saturated rings. The Morgan fingerprint density at radius 3 is 3.00 bits per heavy atom. The van der Waals surface area contributed by atoms with Gasteiger partial charge in [-0.15, -0.1) is 0 Å². The van der Waals surface area contributed by atoms with Crippen molar-refractivity contribution in [2.75, 3.05) is 26.3 Å². The molecule has 0 amide bonds. The second kappa shape index (κ2) is 2.17. The Hall–Kier alpha value is -0.150. The van der Waals surface area contributed by atoms with Gasteiger partial charge in [-0.1, -0.05) is 0 Å². The van der Waals surface area contributed by atoms with Crippen molar-refractivity contribution in [3.63, 3.8) is 0 Å². The summed E-state index contributed by atoms with van der Waals surface area (Å²) in [6.07, 6.45) is 0.205. The maximum atomic E-state index is 13.1. The highest BCUT2D eigenvalue weighted by atomic mass is 19.1. The van der Waals surface area contributed by atoms with Crippen LogP contribution in [0.5, 0.6) is 0 Å². The van der Waals surface area contributed by atoms with Crippen LogP contribution < -0.4 is 5.32 Å². The number of hydrogen-bond acceptors (Lipinski definition) is 2. The van der Waals surface area contributed by atoms with Gasteiger partial charge in [0, 0.05) is 25.1 Å². The van der Waals surface area contributed by atoms with E-state index in [-0.39, 0.29) is 5.41 Å². The van der Waals surface area contributed by atoms with E-state index in [1.165, 1.54) is 0 Å². The molecule has 2 aliphatic rings. The molecule has 2 unspecified atom stereocenters. The fraction of sp³-hybridized carbons (Fsp3) is 1.00. The van der Waals surface area contributed by atoms with Crippen molar-refractivity contribution in [1.29, 1.82) is 0 Å². The van der Waals surface area contributed by atoms with Gasteiger partial charge in [0.1, 0.15) is 6.17 Å². The molecule has 0 aliphatic carbocycles. The molecule has 3 heteroatoms. The first-order chi connectivity index (χ1) is 4.83. The maximum Gasteiger partial charge on any atom is 0.122 e. The van der Waals surface area contributed by atoms with E-state index in [0.29, 0.717) is 13.2 Å². The fourth-order valence-corrected chi connectivity index (χ4v) is 1.78. The van der Waals surface area contributed by atoms with E-state index < -0.39 is 6.17 Å². The molecule has 0 saturated carbocycles. The second-order valence-corrected chi connectivity index (χ2v) is 3.26. The Balaban J connectivity index is 2.11. The lowest BCUT2D eigenvalue weighted by atomic mass is 9.85. The molecular weight excluding hydrogens is 133 g/mol. The van der Waals surface area contributed by atoms with Crippen LogP contribution in [0.25, 0.3) is 0 Å². The molecule has 10 heavy (non-hydrogen) atoms. The third-order valence-corrected chi connectivity index (χ3v) is 2.60. The zero-order valence-corrected chi connectivity index (χ0v) is 5.90. The zero-order valence-electron chi connectivity index (χ0n) is 5.90. The first-order valence-electron chi connectivity index (χ1n) is 3.76. The summed E-state index contributed by atoms with van der Waals surface area (Å²) < 4.78 is 18.3. The Kier molecular flexibility index (Phi) is 1.42. The molecule has 0 radical (unpaired) electrons. The van der Waals surface area contributed by atoms with Crippen molar-refractivity contribution < 1.29 is 9.13 Å². The Morgan fingerprint density at radius 1 is 1.60 bits per heavy atom. The van der Waals surface area contributed by atoms with E-state index in [2.05, 4.69) is 5.32 Å². The summed E-state index contributed by atoms with van der Waals surface area (Å²) in [5, 5.41) is 3.05. The van der Waals surface area contributed by atoms with Crippen molar-refractivity contribution in [3.8, 4) is 0 Å². The summed E-state index contributed by atoms with van der Waals surface area (Å²) in [5.41, 5.74) is -0.153. The number of nitrogens with one attached hydrogen (secondary N) is 1. The first-order valence-corrected chi connectivity index (χ1v) is 3.76. The van der Waals surface area contributed by atoms with Crippen LogP contribution in [-0.2, 0) is 4.74 Å². The summed E-state index contributed by atoms with van der Waals surface area (Å²) in [7, 11) is 0. The Bertz CT molecular complexity index is 128. The minimum absolute atomic E-state index is 0.153. The van der Waals surface area contributed by atoms with Crippen LogP contribution in [0.3, 0.4) is 0 Å². The average Bonchev–Trinajstić information content (AvgIpc) is 2.48. The number of rotatable bonds is 0. The van der Waals surface area contributed by atoms with Crippen LogP contribution in [0.15, 0.2) is 0 Å².